The van der Waals surface area contributed by atoms with E-state index in [1.54, 1.807) is 30.4 Å². The molecule has 0 saturated carbocycles. The lowest BCUT2D eigenvalue weighted by atomic mass is 10.0. The molecule has 0 fully saturated rings. The summed E-state index contributed by atoms with van der Waals surface area (Å²) in [6.45, 7) is 2.42. The molecule has 0 bridgehead atoms. The molecule has 23 heavy (non-hydrogen) atoms. The Bertz CT molecular complexity index is 879. The van der Waals surface area contributed by atoms with Crippen LogP contribution in [0.5, 0.6) is 5.88 Å². The van der Waals surface area contributed by atoms with E-state index in [0.29, 0.717) is 18.0 Å². The largest absolute Gasteiger partial charge is 0.481 e. The standard InChI is InChI=1S/C17H15N5O/c1-12-20-11-22(21-12)10-14-7-16(17(23-2)19-9-14)15-5-3-4-13(6-15)8-18/h3-7,9,11H,10H2,1-2H3. The van der Waals surface area contributed by atoms with Crippen molar-refractivity contribution in [3.8, 4) is 23.1 Å². The van der Waals surface area contributed by atoms with Crippen LogP contribution in [0.25, 0.3) is 11.1 Å². The molecule has 6 nitrogen and oxygen atoms in total. The lowest BCUT2D eigenvalue weighted by Gasteiger charge is -2.10. The lowest BCUT2D eigenvalue weighted by molar-refractivity contribution is 0.399. The first kappa shape index (κ1) is 14.7. The molecule has 3 rings (SSSR count). The molecule has 114 valence electrons. The molecular weight excluding hydrogens is 290 g/mol. The topological polar surface area (TPSA) is 76.6 Å². The molecule has 1 aromatic carbocycles. The minimum absolute atomic E-state index is 0.526. The van der Waals surface area contributed by atoms with E-state index < -0.39 is 0 Å². The van der Waals surface area contributed by atoms with Gasteiger partial charge in [0.1, 0.15) is 12.2 Å². The predicted molar refractivity (Wildman–Crippen MR) is 84.8 cm³/mol. The second-order valence-electron chi connectivity index (χ2n) is 5.08. The maximum Gasteiger partial charge on any atom is 0.221 e. The highest BCUT2D eigenvalue weighted by Crippen LogP contribution is 2.29. The molecule has 2 heterocycles. The number of benzene rings is 1. The second-order valence-corrected chi connectivity index (χ2v) is 5.08. The van der Waals surface area contributed by atoms with Crippen LogP contribution in [0.3, 0.4) is 0 Å². The molecule has 0 saturated heterocycles. The normalized spacial score (nSPS) is 10.3. The van der Waals surface area contributed by atoms with E-state index >= 15 is 0 Å². The summed E-state index contributed by atoms with van der Waals surface area (Å²) in [5.41, 5.74) is 3.32. The molecule has 0 aliphatic carbocycles. The van der Waals surface area contributed by atoms with Crippen molar-refractivity contribution in [2.45, 2.75) is 13.5 Å². The van der Waals surface area contributed by atoms with Crippen molar-refractivity contribution in [3.63, 3.8) is 0 Å². The highest BCUT2D eigenvalue weighted by atomic mass is 16.5. The van der Waals surface area contributed by atoms with Gasteiger partial charge < -0.3 is 4.74 Å². The fourth-order valence-corrected chi connectivity index (χ4v) is 2.36. The van der Waals surface area contributed by atoms with E-state index in [1.165, 1.54) is 0 Å². The fraction of sp³-hybridized carbons (Fsp3) is 0.176. The van der Waals surface area contributed by atoms with E-state index in [9.17, 15) is 0 Å². The molecule has 0 amide bonds. The molecule has 3 aromatic rings. The van der Waals surface area contributed by atoms with E-state index in [4.69, 9.17) is 10.00 Å². The van der Waals surface area contributed by atoms with Gasteiger partial charge >= 0.3 is 0 Å². The molecule has 2 aromatic heterocycles. The molecule has 0 radical (unpaired) electrons. The van der Waals surface area contributed by atoms with Crippen LogP contribution in [0.4, 0.5) is 0 Å². The highest BCUT2D eigenvalue weighted by Gasteiger charge is 2.10. The second kappa shape index (κ2) is 6.28. The third-order valence-corrected chi connectivity index (χ3v) is 3.40. The molecule has 6 heteroatoms. The van der Waals surface area contributed by atoms with Crippen molar-refractivity contribution >= 4 is 0 Å². The Labute approximate surface area is 134 Å². The van der Waals surface area contributed by atoms with Crippen LogP contribution >= 0.6 is 0 Å². The van der Waals surface area contributed by atoms with Crippen molar-refractivity contribution < 1.29 is 4.74 Å². The first-order valence-corrected chi connectivity index (χ1v) is 7.09. The van der Waals surface area contributed by atoms with Crippen LogP contribution in [0, 0.1) is 18.3 Å². The maximum atomic E-state index is 9.07. The Morgan fingerprint density at radius 2 is 2.13 bits per heavy atom. The van der Waals surface area contributed by atoms with Gasteiger partial charge in [0.2, 0.25) is 5.88 Å². The Morgan fingerprint density at radius 1 is 1.26 bits per heavy atom. The Hall–Kier alpha value is -3.20. The van der Waals surface area contributed by atoms with Gasteiger partial charge in [-0.3, -0.25) is 0 Å². The van der Waals surface area contributed by atoms with Crippen LogP contribution in [0.2, 0.25) is 0 Å². The average molecular weight is 305 g/mol. The third kappa shape index (κ3) is 3.19. The number of rotatable bonds is 4. The first-order valence-electron chi connectivity index (χ1n) is 7.09. The number of methoxy groups -OCH3 is 1. The number of ether oxygens (including phenoxy) is 1. The van der Waals surface area contributed by atoms with Gasteiger partial charge in [-0.25, -0.2) is 14.6 Å². The first-order chi connectivity index (χ1) is 11.2. The van der Waals surface area contributed by atoms with Crippen molar-refractivity contribution in [1.29, 1.82) is 5.26 Å². The van der Waals surface area contributed by atoms with Crippen LogP contribution < -0.4 is 4.74 Å². The summed E-state index contributed by atoms with van der Waals surface area (Å²) in [7, 11) is 1.58. The maximum absolute atomic E-state index is 9.07. The van der Waals surface area contributed by atoms with Crippen LogP contribution in [0.1, 0.15) is 17.0 Å². The monoisotopic (exact) mass is 305 g/mol. The minimum atomic E-state index is 0.526. The van der Waals surface area contributed by atoms with Crippen molar-refractivity contribution in [2.75, 3.05) is 7.11 Å². The van der Waals surface area contributed by atoms with Gasteiger partial charge in [0.25, 0.3) is 0 Å². The zero-order valence-corrected chi connectivity index (χ0v) is 12.9. The molecule has 0 N–H and O–H groups in total. The molecule has 0 unspecified atom stereocenters. The van der Waals surface area contributed by atoms with Gasteiger partial charge in [0.15, 0.2) is 0 Å². The summed E-state index contributed by atoms with van der Waals surface area (Å²) in [4.78, 5) is 8.49. The Morgan fingerprint density at radius 3 is 2.83 bits per heavy atom. The van der Waals surface area contributed by atoms with Crippen molar-refractivity contribution in [1.82, 2.24) is 19.7 Å². The van der Waals surface area contributed by atoms with E-state index in [2.05, 4.69) is 21.1 Å². The summed E-state index contributed by atoms with van der Waals surface area (Å²) in [6, 6.07) is 11.5. The van der Waals surface area contributed by atoms with Crippen LogP contribution in [-0.4, -0.2) is 26.9 Å². The number of nitrogens with zero attached hydrogens (tertiary/aromatic N) is 5. The van der Waals surface area contributed by atoms with Crippen molar-refractivity contribution in [2.24, 2.45) is 0 Å². The van der Waals surface area contributed by atoms with Gasteiger partial charge in [-0.15, -0.1) is 0 Å². The Kier molecular flexibility index (Phi) is 4.02. The number of hydrogen-bond acceptors (Lipinski definition) is 5. The summed E-state index contributed by atoms with van der Waals surface area (Å²) in [5, 5.41) is 13.4. The third-order valence-electron chi connectivity index (χ3n) is 3.40. The zero-order valence-electron chi connectivity index (χ0n) is 12.9. The summed E-state index contributed by atoms with van der Waals surface area (Å²) < 4.78 is 7.11. The van der Waals surface area contributed by atoms with Gasteiger partial charge in [0.05, 0.1) is 25.3 Å². The molecule has 0 aliphatic rings. The number of pyridine rings is 1. The minimum Gasteiger partial charge on any atom is -0.481 e. The summed E-state index contributed by atoms with van der Waals surface area (Å²) >= 11 is 0. The molecular formula is C17H15N5O. The smallest absolute Gasteiger partial charge is 0.221 e. The fourth-order valence-electron chi connectivity index (χ4n) is 2.36. The molecule has 0 aliphatic heterocycles. The average Bonchev–Trinajstić information content (AvgIpc) is 2.99. The van der Waals surface area contributed by atoms with Gasteiger partial charge in [-0.1, -0.05) is 12.1 Å². The van der Waals surface area contributed by atoms with Gasteiger partial charge in [-0.05, 0) is 36.2 Å². The van der Waals surface area contributed by atoms with E-state index in [1.807, 2.05) is 31.2 Å². The van der Waals surface area contributed by atoms with E-state index in [0.717, 1.165) is 22.5 Å². The van der Waals surface area contributed by atoms with E-state index in [-0.39, 0.29) is 0 Å². The van der Waals surface area contributed by atoms with Crippen LogP contribution in [-0.2, 0) is 6.54 Å². The summed E-state index contributed by atoms with van der Waals surface area (Å²) in [6.07, 6.45) is 3.45. The Balaban J connectivity index is 2.00. The molecule has 0 spiro atoms. The highest BCUT2D eigenvalue weighted by molar-refractivity contribution is 5.70. The number of nitriles is 1. The number of hydrogen-bond donors (Lipinski definition) is 0. The SMILES string of the molecule is COc1ncc(Cn2cnc(C)n2)cc1-c1cccc(C#N)c1. The number of aromatic nitrogens is 4. The quantitative estimate of drug-likeness (QED) is 0.740. The van der Waals surface area contributed by atoms with Crippen LogP contribution in [0.15, 0.2) is 42.9 Å². The van der Waals surface area contributed by atoms with Gasteiger partial charge in [-0.2, -0.15) is 10.4 Å². The lowest BCUT2D eigenvalue weighted by Crippen LogP contribution is -2.02. The van der Waals surface area contributed by atoms with Gasteiger partial charge in [0, 0.05) is 11.8 Å². The predicted octanol–water partition coefficient (Wildman–Crippen LogP) is 2.58. The molecule has 0 atom stereocenters. The summed E-state index contributed by atoms with van der Waals surface area (Å²) in [5.74, 6) is 1.26. The van der Waals surface area contributed by atoms with Crippen molar-refractivity contribution in [3.05, 3.63) is 59.8 Å². The zero-order chi connectivity index (χ0) is 16.2. The number of aryl methyl sites for hydroxylation is 1.